The van der Waals surface area contributed by atoms with Crippen LogP contribution in [0.1, 0.15) is 17.0 Å². The van der Waals surface area contributed by atoms with Gasteiger partial charge in [-0.15, -0.1) is 0 Å². The molecule has 0 amide bonds. The van der Waals surface area contributed by atoms with Gasteiger partial charge in [-0.05, 0) is 29.7 Å². The second-order valence-electron chi connectivity index (χ2n) is 4.83. The molecule has 1 aliphatic heterocycles. The lowest BCUT2D eigenvalue weighted by Crippen LogP contribution is -2.22. The number of rotatable bonds is 2. The molecule has 3 heteroatoms. The van der Waals surface area contributed by atoms with Crippen LogP contribution in [0.15, 0.2) is 42.5 Å². The standard InChI is InChI=1S/C16H16FNO/c1-19-13-6-7-14(15(17)9-13)12-8-11-4-2-3-5-16(11)18-10-12/h2-7,9,12,18H,8,10H2,1H3. The van der Waals surface area contributed by atoms with Crippen molar-refractivity contribution in [2.75, 3.05) is 19.0 Å². The number of benzene rings is 2. The van der Waals surface area contributed by atoms with E-state index in [4.69, 9.17) is 4.74 Å². The molecule has 19 heavy (non-hydrogen) atoms. The quantitative estimate of drug-likeness (QED) is 0.887. The van der Waals surface area contributed by atoms with Crippen LogP contribution < -0.4 is 10.1 Å². The number of hydrogen-bond donors (Lipinski definition) is 1. The predicted molar refractivity (Wildman–Crippen MR) is 74.3 cm³/mol. The minimum absolute atomic E-state index is 0.167. The molecule has 0 spiro atoms. The van der Waals surface area contributed by atoms with Gasteiger partial charge in [0.2, 0.25) is 0 Å². The van der Waals surface area contributed by atoms with Crippen molar-refractivity contribution in [3.8, 4) is 5.75 Å². The number of halogens is 1. The van der Waals surface area contributed by atoms with E-state index >= 15 is 0 Å². The molecule has 0 bridgehead atoms. The fraction of sp³-hybridized carbons (Fsp3) is 0.250. The highest BCUT2D eigenvalue weighted by Gasteiger charge is 2.22. The minimum Gasteiger partial charge on any atom is -0.497 e. The molecule has 0 aromatic heterocycles. The third-order valence-electron chi connectivity index (χ3n) is 3.67. The first-order valence-electron chi connectivity index (χ1n) is 6.43. The summed E-state index contributed by atoms with van der Waals surface area (Å²) in [5.74, 6) is 0.539. The van der Waals surface area contributed by atoms with Gasteiger partial charge in [-0.1, -0.05) is 24.3 Å². The molecule has 2 aromatic rings. The van der Waals surface area contributed by atoms with Crippen LogP contribution in [0.25, 0.3) is 0 Å². The van der Waals surface area contributed by atoms with Crippen molar-refractivity contribution in [2.24, 2.45) is 0 Å². The molecule has 1 atom stereocenters. The van der Waals surface area contributed by atoms with E-state index in [1.807, 2.05) is 24.3 Å². The van der Waals surface area contributed by atoms with Crippen LogP contribution in [-0.4, -0.2) is 13.7 Å². The fourth-order valence-corrected chi connectivity index (χ4v) is 2.63. The number of hydrogen-bond acceptors (Lipinski definition) is 2. The maximum absolute atomic E-state index is 14.1. The molecule has 1 heterocycles. The Kier molecular flexibility index (Phi) is 3.11. The van der Waals surface area contributed by atoms with Gasteiger partial charge in [0, 0.05) is 24.2 Å². The molecule has 1 N–H and O–H groups in total. The molecule has 1 aliphatic rings. The van der Waals surface area contributed by atoms with Crippen molar-refractivity contribution >= 4 is 5.69 Å². The molecule has 2 nitrogen and oxygen atoms in total. The summed E-state index contributed by atoms with van der Waals surface area (Å²) in [6.07, 6.45) is 0.867. The van der Waals surface area contributed by atoms with Gasteiger partial charge in [0.1, 0.15) is 11.6 Å². The number of para-hydroxylation sites is 1. The monoisotopic (exact) mass is 257 g/mol. The van der Waals surface area contributed by atoms with Crippen LogP contribution in [0.4, 0.5) is 10.1 Å². The lowest BCUT2D eigenvalue weighted by atomic mass is 9.88. The van der Waals surface area contributed by atoms with Crippen LogP contribution in [0.5, 0.6) is 5.75 Å². The summed E-state index contributed by atoms with van der Waals surface area (Å²) in [6, 6.07) is 13.3. The largest absolute Gasteiger partial charge is 0.497 e. The number of anilines is 1. The maximum Gasteiger partial charge on any atom is 0.130 e. The normalized spacial score (nSPS) is 17.5. The second-order valence-corrected chi connectivity index (χ2v) is 4.83. The van der Waals surface area contributed by atoms with Crippen molar-refractivity contribution in [2.45, 2.75) is 12.3 Å². The van der Waals surface area contributed by atoms with Crippen molar-refractivity contribution in [3.05, 3.63) is 59.4 Å². The molecule has 0 saturated heterocycles. The van der Waals surface area contributed by atoms with E-state index in [9.17, 15) is 4.39 Å². The van der Waals surface area contributed by atoms with Crippen LogP contribution >= 0.6 is 0 Å². The highest BCUT2D eigenvalue weighted by molar-refractivity contribution is 5.54. The molecular weight excluding hydrogens is 241 g/mol. The van der Waals surface area contributed by atoms with Crippen LogP contribution in [0.2, 0.25) is 0 Å². The fourth-order valence-electron chi connectivity index (χ4n) is 2.63. The summed E-state index contributed by atoms with van der Waals surface area (Å²) in [5.41, 5.74) is 3.16. The van der Waals surface area contributed by atoms with Crippen LogP contribution in [-0.2, 0) is 6.42 Å². The summed E-state index contributed by atoms with van der Waals surface area (Å²) >= 11 is 0. The smallest absolute Gasteiger partial charge is 0.130 e. The van der Waals surface area contributed by atoms with E-state index in [1.165, 1.54) is 11.6 Å². The van der Waals surface area contributed by atoms with Gasteiger partial charge in [0.15, 0.2) is 0 Å². The van der Waals surface area contributed by atoms with Gasteiger partial charge in [0.05, 0.1) is 7.11 Å². The summed E-state index contributed by atoms with van der Waals surface area (Å²) in [7, 11) is 1.55. The average Bonchev–Trinajstić information content (AvgIpc) is 2.46. The zero-order valence-corrected chi connectivity index (χ0v) is 10.8. The maximum atomic E-state index is 14.1. The molecule has 98 valence electrons. The molecule has 0 aliphatic carbocycles. The summed E-state index contributed by atoms with van der Waals surface area (Å²) in [6.45, 7) is 0.764. The van der Waals surface area contributed by atoms with Crippen LogP contribution in [0, 0.1) is 5.82 Å². The molecule has 0 fully saturated rings. The third kappa shape index (κ3) is 2.28. The van der Waals surface area contributed by atoms with Crippen molar-refractivity contribution in [3.63, 3.8) is 0 Å². The Balaban J connectivity index is 1.89. The molecule has 0 radical (unpaired) electrons. The summed E-state index contributed by atoms with van der Waals surface area (Å²) < 4.78 is 19.1. The zero-order valence-electron chi connectivity index (χ0n) is 10.8. The third-order valence-corrected chi connectivity index (χ3v) is 3.67. The number of fused-ring (bicyclic) bond motifs is 1. The Hall–Kier alpha value is -2.03. The van der Waals surface area contributed by atoms with Gasteiger partial charge >= 0.3 is 0 Å². The van der Waals surface area contributed by atoms with Crippen molar-refractivity contribution in [1.29, 1.82) is 0 Å². The average molecular weight is 257 g/mol. The summed E-state index contributed by atoms with van der Waals surface area (Å²) in [4.78, 5) is 0. The lowest BCUT2D eigenvalue weighted by molar-refractivity contribution is 0.410. The number of methoxy groups -OCH3 is 1. The first-order chi connectivity index (χ1) is 9.28. The van der Waals surface area contributed by atoms with Gasteiger partial charge < -0.3 is 10.1 Å². The van der Waals surface area contributed by atoms with E-state index in [1.54, 1.807) is 7.11 Å². The Morgan fingerprint density at radius 1 is 1.21 bits per heavy atom. The van der Waals surface area contributed by atoms with E-state index < -0.39 is 0 Å². The van der Waals surface area contributed by atoms with Crippen molar-refractivity contribution in [1.82, 2.24) is 0 Å². The van der Waals surface area contributed by atoms with Gasteiger partial charge in [-0.3, -0.25) is 0 Å². The Morgan fingerprint density at radius 2 is 2.05 bits per heavy atom. The van der Waals surface area contributed by atoms with Gasteiger partial charge in [0.25, 0.3) is 0 Å². The topological polar surface area (TPSA) is 21.3 Å². The second kappa shape index (κ2) is 4.92. The Labute approximate surface area is 112 Å². The number of nitrogens with one attached hydrogen (secondary N) is 1. The van der Waals surface area contributed by atoms with E-state index in [2.05, 4.69) is 17.4 Å². The van der Waals surface area contributed by atoms with Crippen LogP contribution in [0.3, 0.4) is 0 Å². The zero-order chi connectivity index (χ0) is 13.2. The van der Waals surface area contributed by atoms with E-state index in [0.717, 1.165) is 24.2 Å². The first-order valence-corrected chi connectivity index (χ1v) is 6.43. The highest BCUT2D eigenvalue weighted by atomic mass is 19.1. The lowest BCUT2D eigenvalue weighted by Gasteiger charge is -2.26. The van der Waals surface area contributed by atoms with Crippen molar-refractivity contribution < 1.29 is 9.13 Å². The highest BCUT2D eigenvalue weighted by Crippen LogP contribution is 2.32. The SMILES string of the molecule is COc1ccc(C2CNc3ccccc3C2)c(F)c1. The Bertz CT molecular complexity index is 597. The van der Waals surface area contributed by atoms with Gasteiger partial charge in [-0.25, -0.2) is 4.39 Å². The molecule has 3 rings (SSSR count). The van der Waals surface area contributed by atoms with E-state index in [0.29, 0.717) is 5.75 Å². The molecular formula is C16H16FNO. The predicted octanol–water partition coefficient (Wildman–Crippen LogP) is 3.59. The molecule has 0 saturated carbocycles. The number of ether oxygens (including phenoxy) is 1. The molecule has 2 aromatic carbocycles. The first kappa shape index (κ1) is 12.0. The Morgan fingerprint density at radius 3 is 2.84 bits per heavy atom. The molecule has 1 unspecified atom stereocenters. The minimum atomic E-state index is -0.189. The van der Waals surface area contributed by atoms with Gasteiger partial charge in [-0.2, -0.15) is 0 Å². The summed E-state index contributed by atoms with van der Waals surface area (Å²) in [5, 5.41) is 3.37. The van der Waals surface area contributed by atoms with E-state index in [-0.39, 0.29) is 11.7 Å².